The molecule has 1 unspecified atom stereocenters. The fourth-order valence-corrected chi connectivity index (χ4v) is 1.39. The summed E-state index contributed by atoms with van der Waals surface area (Å²) in [6.07, 6.45) is -0.110. The van der Waals surface area contributed by atoms with Crippen LogP contribution in [-0.4, -0.2) is 5.84 Å². The Labute approximate surface area is 77.4 Å². The molecule has 0 fully saturated rings. The van der Waals surface area contributed by atoms with Crippen LogP contribution in [-0.2, 0) is 4.84 Å². The normalized spacial score (nSPS) is 20.5. The van der Waals surface area contributed by atoms with Crippen molar-refractivity contribution in [2.75, 3.05) is 0 Å². The molecule has 3 heteroatoms. The van der Waals surface area contributed by atoms with Crippen molar-refractivity contribution in [1.29, 1.82) is 0 Å². The van der Waals surface area contributed by atoms with E-state index in [9.17, 15) is 0 Å². The molecule has 0 amide bonds. The minimum Gasteiger partial charge on any atom is -0.364 e. The third-order valence-corrected chi connectivity index (χ3v) is 2.11. The highest BCUT2D eigenvalue weighted by Crippen LogP contribution is 2.21. The van der Waals surface area contributed by atoms with Gasteiger partial charge in [0.2, 0.25) is 6.23 Å². The molecule has 1 heterocycles. The van der Waals surface area contributed by atoms with E-state index in [0.717, 1.165) is 11.4 Å². The molecule has 0 saturated heterocycles. The molecule has 2 rings (SSSR count). The van der Waals surface area contributed by atoms with E-state index in [4.69, 9.17) is 4.84 Å². The summed E-state index contributed by atoms with van der Waals surface area (Å²) in [5.74, 6) is 0.827. The number of amidine groups is 1. The smallest absolute Gasteiger partial charge is 0.224 e. The van der Waals surface area contributed by atoms with E-state index in [2.05, 4.69) is 23.5 Å². The van der Waals surface area contributed by atoms with Gasteiger partial charge in [-0.15, -0.1) is 0 Å². The number of hydrogen-bond acceptors (Lipinski definition) is 3. The average Bonchev–Trinajstić information content (AvgIpc) is 2.53. The van der Waals surface area contributed by atoms with Gasteiger partial charge in [-0.1, -0.05) is 29.4 Å². The Morgan fingerprint density at radius 1 is 1.31 bits per heavy atom. The number of rotatable bonds is 1. The van der Waals surface area contributed by atoms with Gasteiger partial charge in [0.1, 0.15) is 5.84 Å². The van der Waals surface area contributed by atoms with Crippen molar-refractivity contribution in [3.8, 4) is 0 Å². The fourth-order valence-electron chi connectivity index (χ4n) is 1.39. The molecule has 0 radical (unpaired) electrons. The van der Waals surface area contributed by atoms with Crippen LogP contribution in [0.25, 0.3) is 0 Å². The molecule has 1 aromatic rings. The second kappa shape index (κ2) is 3.09. The van der Waals surface area contributed by atoms with E-state index in [1.165, 1.54) is 5.56 Å². The van der Waals surface area contributed by atoms with Crippen LogP contribution in [0.5, 0.6) is 0 Å². The lowest BCUT2D eigenvalue weighted by Gasteiger charge is -2.11. The predicted octanol–water partition coefficient (Wildman–Crippen LogP) is 1.95. The summed E-state index contributed by atoms with van der Waals surface area (Å²) < 4.78 is 0. The van der Waals surface area contributed by atoms with Crippen LogP contribution in [0.1, 0.15) is 24.3 Å². The third-order valence-electron chi connectivity index (χ3n) is 2.11. The van der Waals surface area contributed by atoms with Crippen LogP contribution in [0.4, 0.5) is 0 Å². The molecule has 1 aliphatic heterocycles. The van der Waals surface area contributed by atoms with Crippen molar-refractivity contribution in [3.63, 3.8) is 0 Å². The van der Waals surface area contributed by atoms with Gasteiger partial charge in [-0.25, -0.2) is 0 Å². The van der Waals surface area contributed by atoms with Crippen molar-refractivity contribution >= 4 is 5.84 Å². The maximum absolute atomic E-state index is 5.21. The van der Waals surface area contributed by atoms with Crippen LogP contribution in [0.2, 0.25) is 0 Å². The summed E-state index contributed by atoms with van der Waals surface area (Å²) >= 11 is 0. The molecule has 0 spiro atoms. The lowest BCUT2D eigenvalue weighted by Crippen LogP contribution is -2.20. The lowest BCUT2D eigenvalue weighted by atomic mass is 10.1. The summed E-state index contributed by atoms with van der Waals surface area (Å²) in [5.41, 5.74) is 2.35. The highest BCUT2D eigenvalue weighted by molar-refractivity contribution is 5.80. The number of nitrogens with one attached hydrogen (secondary N) is 1. The predicted molar refractivity (Wildman–Crippen MR) is 51.2 cm³/mol. The Kier molecular flexibility index (Phi) is 1.93. The van der Waals surface area contributed by atoms with Gasteiger partial charge in [-0.05, 0) is 19.4 Å². The molecule has 1 N–H and O–H groups in total. The molecule has 0 saturated carbocycles. The summed E-state index contributed by atoms with van der Waals surface area (Å²) in [5, 5.41) is 6.98. The van der Waals surface area contributed by atoms with Crippen molar-refractivity contribution in [2.24, 2.45) is 5.16 Å². The van der Waals surface area contributed by atoms with E-state index >= 15 is 0 Å². The van der Waals surface area contributed by atoms with Crippen LogP contribution in [0.3, 0.4) is 0 Å². The lowest BCUT2D eigenvalue weighted by molar-refractivity contribution is 0.0725. The molecule has 13 heavy (non-hydrogen) atoms. The van der Waals surface area contributed by atoms with Crippen LogP contribution in [0, 0.1) is 6.92 Å². The van der Waals surface area contributed by atoms with Crippen molar-refractivity contribution < 1.29 is 4.84 Å². The third kappa shape index (κ3) is 1.49. The number of benzene rings is 1. The molecule has 1 aromatic carbocycles. The summed E-state index contributed by atoms with van der Waals surface area (Å²) in [6, 6.07) is 8.12. The second-order valence-electron chi connectivity index (χ2n) is 3.16. The second-order valence-corrected chi connectivity index (χ2v) is 3.16. The van der Waals surface area contributed by atoms with Crippen LogP contribution in [0.15, 0.2) is 29.4 Å². The zero-order valence-corrected chi connectivity index (χ0v) is 7.74. The first-order valence-electron chi connectivity index (χ1n) is 4.30. The molecule has 0 aromatic heterocycles. The number of oxime groups is 1. The Morgan fingerprint density at radius 2 is 2.08 bits per heavy atom. The van der Waals surface area contributed by atoms with E-state index in [-0.39, 0.29) is 6.23 Å². The highest BCUT2D eigenvalue weighted by Gasteiger charge is 2.19. The zero-order valence-electron chi connectivity index (χ0n) is 7.74. The van der Waals surface area contributed by atoms with E-state index in [1.807, 2.05) is 25.1 Å². The number of aryl methyl sites for hydroxylation is 1. The standard InChI is InChI=1S/C10H12N2O/c1-7-5-3-4-6-9(7)10-11-8(2)12-13-10/h3-6,10H,1-2H3,(H,11,12). The number of nitrogens with zero attached hydrogens (tertiary/aromatic N) is 1. The van der Waals surface area contributed by atoms with E-state index in [1.54, 1.807) is 0 Å². The Bertz CT molecular complexity index is 347. The molecule has 68 valence electrons. The van der Waals surface area contributed by atoms with Crippen molar-refractivity contribution in [1.82, 2.24) is 5.32 Å². The molecule has 1 atom stereocenters. The topological polar surface area (TPSA) is 33.6 Å². The molecule has 1 aliphatic rings. The van der Waals surface area contributed by atoms with Gasteiger partial charge >= 0.3 is 0 Å². The maximum atomic E-state index is 5.21. The largest absolute Gasteiger partial charge is 0.364 e. The monoisotopic (exact) mass is 176 g/mol. The van der Waals surface area contributed by atoms with Gasteiger partial charge in [-0.2, -0.15) is 0 Å². The van der Waals surface area contributed by atoms with Gasteiger partial charge in [0.05, 0.1) is 0 Å². The zero-order chi connectivity index (χ0) is 9.26. The maximum Gasteiger partial charge on any atom is 0.224 e. The Balaban J connectivity index is 2.23. The van der Waals surface area contributed by atoms with Crippen molar-refractivity contribution in [2.45, 2.75) is 20.1 Å². The van der Waals surface area contributed by atoms with Gasteiger partial charge < -0.3 is 10.2 Å². The quantitative estimate of drug-likeness (QED) is 0.709. The Hall–Kier alpha value is -1.51. The van der Waals surface area contributed by atoms with E-state index < -0.39 is 0 Å². The summed E-state index contributed by atoms with van der Waals surface area (Å²) in [7, 11) is 0. The molecular formula is C10H12N2O. The molecule has 0 aliphatic carbocycles. The first-order valence-corrected chi connectivity index (χ1v) is 4.30. The Morgan fingerprint density at radius 3 is 2.69 bits per heavy atom. The first kappa shape index (κ1) is 8.10. The minimum atomic E-state index is -0.110. The van der Waals surface area contributed by atoms with Crippen LogP contribution < -0.4 is 5.32 Å². The highest BCUT2D eigenvalue weighted by atomic mass is 16.7. The summed E-state index contributed by atoms with van der Waals surface area (Å²) in [4.78, 5) is 5.21. The van der Waals surface area contributed by atoms with Crippen molar-refractivity contribution in [3.05, 3.63) is 35.4 Å². The van der Waals surface area contributed by atoms with Gasteiger partial charge in [0.25, 0.3) is 0 Å². The number of hydrogen-bond donors (Lipinski definition) is 1. The first-order chi connectivity index (χ1) is 6.27. The van der Waals surface area contributed by atoms with E-state index in [0.29, 0.717) is 0 Å². The molecule has 3 nitrogen and oxygen atoms in total. The summed E-state index contributed by atoms with van der Waals surface area (Å²) in [6.45, 7) is 3.95. The van der Waals surface area contributed by atoms with Crippen LogP contribution >= 0.6 is 0 Å². The van der Waals surface area contributed by atoms with Gasteiger partial charge in [0.15, 0.2) is 0 Å². The SMILES string of the molecule is CC1=NOC(c2ccccc2C)N1. The average molecular weight is 176 g/mol. The van der Waals surface area contributed by atoms with Gasteiger partial charge in [-0.3, -0.25) is 0 Å². The molecular weight excluding hydrogens is 164 g/mol. The van der Waals surface area contributed by atoms with Gasteiger partial charge in [0, 0.05) is 5.56 Å². The molecule has 0 bridgehead atoms. The fraction of sp³-hybridized carbons (Fsp3) is 0.300. The minimum absolute atomic E-state index is 0.110.